The Balaban J connectivity index is 2.15. The lowest BCUT2D eigenvalue weighted by Gasteiger charge is -2.17. The lowest BCUT2D eigenvalue weighted by Crippen LogP contribution is -2.52. The summed E-state index contributed by atoms with van der Waals surface area (Å²) in [7, 11) is 0. The van der Waals surface area contributed by atoms with Crippen molar-refractivity contribution in [2.75, 3.05) is 13.1 Å². The Morgan fingerprint density at radius 2 is 1.79 bits per heavy atom. The number of aliphatic hydroxyl groups excluding tert-OH is 1. The van der Waals surface area contributed by atoms with Crippen LogP contribution in [0.5, 0.6) is 0 Å². The van der Waals surface area contributed by atoms with Gasteiger partial charge in [-0.15, -0.1) is 0 Å². The first-order valence-electron chi connectivity index (χ1n) is 6.14. The van der Waals surface area contributed by atoms with Gasteiger partial charge in [-0.3, -0.25) is 4.79 Å². The fourth-order valence-electron chi connectivity index (χ4n) is 1.43. The minimum atomic E-state index is -1.36. The molecule has 19 heavy (non-hydrogen) atoms. The van der Waals surface area contributed by atoms with Crippen molar-refractivity contribution in [3.05, 3.63) is 0 Å². The molecule has 108 valence electrons. The zero-order valence-corrected chi connectivity index (χ0v) is 10.7. The smallest absolute Gasteiger partial charge is 0.328 e. The molecule has 0 aliphatic heterocycles. The van der Waals surface area contributed by atoms with E-state index in [-0.39, 0.29) is 24.9 Å². The molecule has 1 saturated carbocycles. The predicted octanol–water partition coefficient (Wildman–Crippen LogP) is -1.35. The van der Waals surface area contributed by atoms with Gasteiger partial charge in [0.15, 0.2) is 6.04 Å². The van der Waals surface area contributed by atoms with Crippen LogP contribution in [0.15, 0.2) is 0 Å². The SMILES string of the molecule is CC(O)C(NC(=O)NCCNC(=O)C1CC1)C(=O)O. The number of hydrogen-bond donors (Lipinski definition) is 5. The number of amides is 3. The summed E-state index contributed by atoms with van der Waals surface area (Å²) in [5.74, 6) is -1.22. The number of hydrogen-bond acceptors (Lipinski definition) is 4. The van der Waals surface area contributed by atoms with Crippen LogP contribution in [0, 0.1) is 5.92 Å². The van der Waals surface area contributed by atoms with Gasteiger partial charge < -0.3 is 26.2 Å². The Labute approximate surface area is 110 Å². The number of urea groups is 1. The molecule has 0 aromatic carbocycles. The Hall–Kier alpha value is -1.83. The first-order valence-corrected chi connectivity index (χ1v) is 6.14. The van der Waals surface area contributed by atoms with E-state index in [1.54, 1.807) is 0 Å². The molecule has 0 radical (unpaired) electrons. The van der Waals surface area contributed by atoms with E-state index in [0.717, 1.165) is 12.8 Å². The van der Waals surface area contributed by atoms with Gasteiger partial charge in [-0.25, -0.2) is 9.59 Å². The molecule has 0 aromatic heterocycles. The van der Waals surface area contributed by atoms with Gasteiger partial charge in [0.05, 0.1) is 6.10 Å². The highest BCUT2D eigenvalue weighted by Crippen LogP contribution is 2.28. The van der Waals surface area contributed by atoms with Crippen molar-refractivity contribution >= 4 is 17.9 Å². The maximum Gasteiger partial charge on any atom is 0.328 e. The maximum atomic E-state index is 11.3. The Morgan fingerprint density at radius 1 is 1.21 bits per heavy atom. The van der Waals surface area contributed by atoms with E-state index >= 15 is 0 Å². The van der Waals surface area contributed by atoms with Gasteiger partial charge in [-0.05, 0) is 19.8 Å². The molecule has 0 aromatic rings. The van der Waals surface area contributed by atoms with Crippen LogP contribution in [0.4, 0.5) is 4.79 Å². The van der Waals surface area contributed by atoms with Gasteiger partial charge in [0.25, 0.3) is 0 Å². The molecule has 2 unspecified atom stereocenters. The maximum absolute atomic E-state index is 11.3. The third-order valence-corrected chi connectivity index (χ3v) is 2.69. The summed E-state index contributed by atoms with van der Waals surface area (Å²) >= 11 is 0. The van der Waals surface area contributed by atoms with E-state index in [9.17, 15) is 14.4 Å². The molecule has 8 nitrogen and oxygen atoms in total. The Kier molecular flexibility index (Phi) is 5.56. The van der Waals surface area contributed by atoms with Gasteiger partial charge in [0.2, 0.25) is 5.91 Å². The van der Waals surface area contributed by atoms with Crippen molar-refractivity contribution in [3.63, 3.8) is 0 Å². The van der Waals surface area contributed by atoms with Crippen LogP contribution in [-0.4, -0.2) is 53.4 Å². The molecule has 1 fully saturated rings. The van der Waals surface area contributed by atoms with Crippen LogP contribution >= 0.6 is 0 Å². The first kappa shape index (κ1) is 15.2. The average Bonchev–Trinajstić information content (AvgIpc) is 3.14. The van der Waals surface area contributed by atoms with Gasteiger partial charge in [-0.2, -0.15) is 0 Å². The molecular weight excluding hydrogens is 254 g/mol. The minimum absolute atomic E-state index is 0.0189. The van der Waals surface area contributed by atoms with Crippen molar-refractivity contribution in [1.29, 1.82) is 0 Å². The van der Waals surface area contributed by atoms with Gasteiger partial charge in [0.1, 0.15) is 0 Å². The molecule has 3 amide bonds. The van der Waals surface area contributed by atoms with E-state index in [1.807, 2.05) is 0 Å². The predicted molar refractivity (Wildman–Crippen MR) is 65.4 cm³/mol. The van der Waals surface area contributed by atoms with Crippen molar-refractivity contribution in [1.82, 2.24) is 16.0 Å². The second-order valence-electron chi connectivity index (χ2n) is 4.52. The summed E-state index contributed by atoms with van der Waals surface area (Å²) in [4.78, 5) is 33.3. The van der Waals surface area contributed by atoms with Crippen molar-refractivity contribution < 1.29 is 24.6 Å². The number of carboxylic acids is 1. The Bertz CT molecular complexity index is 354. The molecular formula is C11H19N3O5. The number of carbonyl (C=O) groups is 3. The van der Waals surface area contributed by atoms with Gasteiger partial charge >= 0.3 is 12.0 Å². The van der Waals surface area contributed by atoms with E-state index < -0.39 is 24.1 Å². The molecule has 1 aliphatic rings. The molecule has 5 N–H and O–H groups in total. The second kappa shape index (κ2) is 6.93. The summed E-state index contributed by atoms with van der Waals surface area (Å²) in [5.41, 5.74) is 0. The topological polar surface area (TPSA) is 128 Å². The molecule has 8 heteroatoms. The number of nitrogens with one attached hydrogen (secondary N) is 3. The lowest BCUT2D eigenvalue weighted by molar-refractivity contribution is -0.141. The van der Waals surface area contributed by atoms with E-state index in [1.165, 1.54) is 6.92 Å². The number of aliphatic hydroxyl groups is 1. The quantitative estimate of drug-likeness (QED) is 0.366. The van der Waals surface area contributed by atoms with E-state index in [2.05, 4.69) is 16.0 Å². The van der Waals surface area contributed by atoms with Gasteiger partial charge in [0, 0.05) is 19.0 Å². The van der Waals surface area contributed by atoms with E-state index in [0.29, 0.717) is 0 Å². The largest absolute Gasteiger partial charge is 0.480 e. The van der Waals surface area contributed by atoms with Crippen LogP contribution in [0.2, 0.25) is 0 Å². The molecule has 1 rings (SSSR count). The third kappa shape index (κ3) is 5.56. The van der Waals surface area contributed by atoms with Gasteiger partial charge in [-0.1, -0.05) is 0 Å². The van der Waals surface area contributed by atoms with Crippen molar-refractivity contribution in [2.45, 2.75) is 31.9 Å². The van der Waals surface area contributed by atoms with Crippen LogP contribution < -0.4 is 16.0 Å². The van der Waals surface area contributed by atoms with Crippen LogP contribution in [0.3, 0.4) is 0 Å². The zero-order chi connectivity index (χ0) is 14.4. The zero-order valence-electron chi connectivity index (χ0n) is 10.7. The van der Waals surface area contributed by atoms with Crippen LogP contribution in [-0.2, 0) is 9.59 Å². The van der Waals surface area contributed by atoms with Crippen LogP contribution in [0.1, 0.15) is 19.8 Å². The van der Waals surface area contributed by atoms with E-state index in [4.69, 9.17) is 10.2 Å². The summed E-state index contributed by atoms with van der Waals surface area (Å²) in [6.45, 7) is 1.75. The van der Waals surface area contributed by atoms with Crippen molar-refractivity contribution in [3.8, 4) is 0 Å². The van der Waals surface area contributed by atoms with Crippen LogP contribution in [0.25, 0.3) is 0 Å². The average molecular weight is 273 g/mol. The normalized spacial score (nSPS) is 17.2. The summed E-state index contributed by atoms with van der Waals surface area (Å²) < 4.78 is 0. The highest BCUT2D eigenvalue weighted by atomic mass is 16.4. The molecule has 0 heterocycles. The second-order valence-corrected chi connectivity index (χ2v) is 4.52. The van der Waals surface area contributed by atoms with Crippen molar-refractivity contribution in [2.24, 2.45) is 5.92 Å². The standard InChI is InChI=1S/C11H19N3O5/c1-6(15)8(10(17)18)14-11(19)13-5-4-12-9(16)7-2-3-7/h6-8,15H,2-5H2,1H3,(H,12,16)(H,17,18)(H2,13,14,19). The molecule has 1 aliphatic carbocycles. The first-order chi connectivity index (χ1) is 8.91. The third-order valence-electron chi connectivity index (χ3n) is 2.69. The lowest BCUT2D eigenvalue weighted by atomic mass is 10.2. The number of carboxylic acid groups (broad SMARTS) is 1. The molecule has 0 saturated heterocycles. The molecule has 2 atom stereocenters. The number of rotatable bonds is 7. The summed E-state index contributed by atoms with van der Waals surface area (Å²) in [5, 5.41) is 25.1. The number of carbonyl (C=O) groups excluding carboxylic acids is 2. The highest BCUT2D eigenvalue weighted by molar-refractivity contribution is 5.83. The molecule has 0 bridgehead atoms. The number of aliphatic carboxylic acids is 1. The summed E-state index contributed by atoms with van der Waals surface area (Å²) in [6.07, 6.45) is 0.626. The summed E-state index contributed by atoms with van der Waals surface area (Å²) in [6, 6.07) is -2.06. The Morgan fingerprint density at radius 3 is 2.26 bits per heavy atom. The minimum Gasteiger partial charge on any atom is -0.480 e. The fraction of sp³-hybridized carbons (Fsp3) is 0.727. The highest BCUT2D eigenvalue weighted by Gasteiger charge is 2.29. The molecule has 0 spiro atoms. The fourth-order valence-corrected chi connectivity index (χ4v) is 1.43. The monoisotopic (exact) mass is 273 g/mol.